The Morgan fingerprint density at radius 3 is 2.64 bits per heavy atom. The largest absolute Gasteiger partial charge is 0.478 e. The van der Waals surface area contributed by atoms with E-state index in [4.69, 9.17) is 16.7 Å². The summed E-state index contributed by atoms with van der Waals surface area (Å²) in [5, 5.41) is 21.4. The molecule has 0 bridgehead atoms. The zero-order valence-electron chi connectivity index (χ0n) is 13.6. The third-order valence-electron chi connectivity index (χ3n) is 3.73. The molecule has 0 saturated carbocycles. The first kappa shape index (κ1) is 18.8. The minimum Gasteiger partial charge on any atom is -0.478 e. The summed E-state index contributed by atoms with van der Waals surface area (Å²) in [6.45, 7) is 1.36. The molecule has 0 spiro atoms. The van der Waals surface area contributed by atoms with Crippen molar-refractivity contribution in [1.82, 2.24) is 4.90 Å². The van der Waals surface area contributed by atoms with E-state index in [1.54, 1.807) is 13.0 Å². The van der Waals surface area contributed by atoms with Gasteiger partial charge in [-0.2, -0.15) is 0 Å². The minimum absolute atomic E-state index is 0.0376. The first-order valence-corrected chi connectivity index (χ1v) is 7.70. The molecule has 1 aromatic carbocycles. The van der Waals surface area contributed by atoms with Crippen LogP contribution >= 0.6 is 11.6 Å². The highest BCUT2D eigenvalue weighted by atomic mass is 35.5. The van der Waals surface area contributed by atoms with Crippen molar-refractivity contribution in [2.45, 2.75) is 6.92 Å². The maximum absolute atomic E-state index is 12.5. The molecule has 1 heterocycles. The molecule has 0 fully saturated rings. The molecule has 0 aromatic heterocycles. The summed E-state index contributed by atoms with van der Waals surface area (Å²) in [4.78, 5) is 37.2. The van der Waals surface area contributed by atoms with Crippen LogP contribution in [0.5, 0.6) is 0 Å². The second-order valence-electron chi connectivity index (χ2n) is 5.37. The molecule has 1 aliphatic heterocycles. The molecule has 2 rings (SSSR count). The van der Waals surface area contributed by atoms with E-state index in [-0.39, 0.29) is 47.2 Å². The van der Waals surface area contributed by atoms with E-state index < -0.39 is 17.8 Å². The van der Waals surface area contributed by atoms with Crippen molar-refractivity contribution in [2.24, 2.45) is 0 Å². The normalized spacial score (nSPS) is 14.1. The van der Waals surface area contributed by atoms with Gasteiger partial charge in [-0.3, -0.25) is 4.79 Å². The molecule has 134 valence electrons. The Balaban J connectivity index is 2.51. The summed E-state index contributed by atoms with van der Waals surface area (Å²) in [6.07, 6.45) is 0. The van der Waals surface area contributed by atoms with Crippen LogP contribution in [0.1, 0.15) is 15.9 Å². The number of amides is 1. The Bertz CT molecular complexity index is 774. The molecule has 0 radical (unpaired) electrons. The number of ether oxygens (including phenoxy) is 1. The summed E-state index contributed by atoms with van der Waals surface area (Å²) < 4.78 is 4.69. The van der Waals surface area contributed by atoms with Gasteiger partial charge in [0.15, 0.2) is 0 Å². The minimum atomic E-state index is -1.23. The monoisotopic (exact) mass is 368 g/mol. The molecule has 0 aliphatic carbocycles. The van der Waals surface area contributed by atoms with E-state index in [2.05, 4.69) is 10.1 Å². The van der Waals surface area contributed by atoms with Crippen LogP contribution in [-0.4, -0.2) is 59.8 Å². The van der Waals surface area contributed by atoms with Crippen molar-refractivity contribution >= 4 is 35.1 Å². The molecule has 0 unspecified atom stereocenters. The number of aliphatic hydroxyl groups is 1. The Morgan fingerprint density at radius 1 is 1.40 bits per heavy atom. The molecule has 0 atom stereocenters. The number of β-amino-alcohol motifs (C(OH)–C–C–N with tert-alkyl or cyclic N) is 1. The Hall–Kier alpha value is -2.58. The van der Waals surface area contributed by atoms with Gasteiger partial charge in [0.2, 0.25) is 0 Å². The van der Waals surface area contributed by atoms with E-state index in [0.29, 0.717) is 5.56 Å². The molecular weight excluding hydrogens is 352 g/mol. The number of rotatable bonds is 6. The standard InChI is InChI=1S/C16H17ClN2O6/c1-8-5-9(17)6-10(15(22)23)12(8)18-13-11(16(24)25-2)7-19(3-4-20)14(13)21/h5-6,18,20H,3-4,7H2,1-2H3,(H,22,23). The average Bonchev–Trinajstić information content (AvgIpc) is 2.85. The molecule has 1 amide bonds. The van der Waals surface area contributed by atoms with Crippen molar-refractivity contribution in [2.75, 3.05) is 32.1 Å². The van der Waals surface area contributed by atoms with Crippen LogP contribution in [0.4, 0.5) is 5.69 Å². The van der Waals surface area contributed by atoms with Crippen LogP contribution in [0, 0.1) is 6.92 Å². The van der Waals surface area contributed by atoms with Crippen LogP contribution in [0.15, 0.2) is 23.4 Å². The molecule has 1 aromatic rings. The third-order valence-corrected chi connectivity index (χ3v) is 3.95. The maximum atomic E-state index is 12.5. The first-order chi connectivity index (χ1) is 11.8. The summed E-state index contributed by atoms with van der Waals surface area (Å²) >= 11 is 5.90. The number of hydrogen-bond acceptors (Lipinski definition) is 6. The number of nitrogens with one attached hydrogen (secondary N) is 1. The Kier molecular flexibility index (Phi) is 5.66. The highest BCUT2D eigenvalue weighted by Crippen LogP contribution is 2.30. The highest BCUT2D eigenvalue weighted by Gasteiger charge is 2.35. The zero-order valence-corrected chi connectivity index (χ0v) is 14.4. The Morgan fingerprint density at radius 2 is 2.08 bits per heavy atom. The summed E-state index contributed by atoms with van der Waals surface area (Å²) in [7, 11) is 1.18. The number of carboxylic acid groups (broad SMARTS) is 1. The molecule has 1 aliphatic rings. The molecular formula is C16H17ClN2O6. The predicted molar refractivity (Wildman–Crippen MR) is 89.5 cm³/mol. The van der Waals surface area contributed by atoms with Gasteiger partial charge in [-0.1, -0.05) is 11.6 Å². The quantitative estimate of drug-likeness (QED) is 0.642. The molecule has 9 heteroatoms. The van der Waals surface area contributed by atoms with Gasteiger partial charge in [0.05, 0.1) is 37.1 Å². The fraction of sp³-hybridized carbons (Fsp3) is 0.312. The van der Waals surface area contributed by atoms with E-state index in [1.165, 1.54) is 18.1 Å². The van der Waals surface area contributed by atoms with Crippen molar-refractivity contribution in [1.29, 1.82) is 0 Å². The van der Waals surface area contributed by atoms with Crippen molar-refractivity contribution in [3.8, 4) is 0 Å². The topological polar surface area (TPSA) is 116 Å². The maximum Gasteiger partial charge on any atom is 0.337 e. The lowest BCUT2D eigenvalue weighted by Crippen LogP contribution is -2.31. The summed E-state index contributed by atoms with van der Waals surface area (Å²) in [5.74, 6) is -2.47. The van der Waals surface area contributed by atoms with Crippen molar-refractivity contribution in [3.05, 3.63) is 39.6 Å². The van der Waals surface area contributed by atoms with Gasteiger partial charge < -0.3 is 25.2 Å². The number of anilines is 1. The molecule has 0 saturated heterocycles. The lowest BCUT2D eigenvalue weighted by atomic mass is 10.1. The third kappa shape index (κ3) is 3.75. The van der Waals surface area contributed by atoms with Gasteiger partial charge >= 0.3 is 11.9 Å². The van der Waals surface area contributed by atoms with Gasteiger partial charge in [0.25, 0.3) is 5.91 Å². The van der Waals surface area contributed by atoms with Gasteiger partial charge in [-0.05, 0) is 24.6 Å². The van der Waals surface area contributed by atoms with Gasteiger partial charge in [-0.15, -0.1) is 0 Å². The van der Waals surface area contributed by atoms with E-state index in [0.717, 1.165) is 0 Å². The lowest BCUT2D eigenvalue weighted by Gasteiger charge is -2.16. The fourth-order valence-corrected chi connectivity index (χ4v) is 2.82. The summed E-state index contributed by atoms with van der Waals surface area (Å²) in [6, 6.07) is 2.79. The smallest absolute Gasteiger partial charge is 0.337 e. The fourth-order valence-electron chi connectivity index (χ4n) is 2.55. The average molecular weight is 369 g/mol. The SMILES string of the molecule is COC(=O)C1=C(Nc2c(C)cc(Cl)cc2C(=O)O)C(=O)N(CCO)C1. The number of aromatic carboxylic acids is 1. The Labute approximate surface area is 148 Å². The predicted octanol–water partition coefficient (Wildman–Crippen LogP) is 1.02. The number of methoxy groups -OCH3 is 1. The second-order valence-corrected chi connectivity index (χ2v) is 5.81. The van der Waals surface area contributed by atoms with Crippen molar-refractivity contribution < 1.29 is 29.3 Å². The van der Waals surface area contributed by atoms with E-state index >= 15 is 0 Å². The number of aliphatic hydroxyl groups excluding tert-OH is 1. The number of esters is 1. The number of benzene rings is 1. The van der Waals surface area contributed by atoms with Crippen LogP contribution in [0.3, 0.4) is 0 Å². The van der Waals surface area contributed by atoms with Gasteiger partial charge in [0.1, 0.15) is 5.70 Å². The molecule has 25 heavy (non-hydrogen) atoms. The summed E-state index contributed by atoms with van der Waals surface area (Å²) in [5.41, 5.74) is 0.512. The number of carboxylic acids is 1. The highest BCUT2D eigenvalue weighted by molar-refractivity contribution is 6.31. The van der Waals surface area contributed by atoms with Crippen LogP contribution in [0.25, 0.3) is 0 Å². The first-order valence-electron chi connectivity index (χ1n) is 7.32. The second kappa shape index (κ2) is 7.54. The van der Waals surface area contributed by atoms with Crippen LogP contribution < -0.4 is 5.32 Å². The van der Waals surface area contributed by atoms with Crippen LogP contribution in [0.2, 0.25) is 5.02 Å². The number of hydrogen-bond donors (Lipinski definition) is 3. The lowest BCUT2D eigenvalue weighted by molar-refractivity contribution is -0.136. The van der Waals surface area contributed by atoms with E-state index in [1.807, 2.05) is 0 Å². The van der Waals surface area contributed by atoms with Gasteiger partial charge in [-0.25, -0.2) is 9.59 Å². The number of halogens is 1. The zero-order chi connectivity index (χ0) is 18.7. The number of carbonyl (C=O) groups excluding carboxylic acids is 2. The number of carbonyl (C=O) groups is 3. The van der Waals surface area contributed by atoms with Crippen LogP contribution in [-0.2, 0) is 14.3 Å². The number of aryl methyl sites for hydroxylation is 1. The molecule has 3 N–H and O–H groups in total. The number of nitrogens with zero attached hydrogens (tertiary/aromatic N) is 1. The van der Waals surface area contributed by atoms with Gasteiger partial charge in [0, 0.05) is 11.6 Å². The molecule has 8 nitrogen and oxygen atoms in total. The van der Waals surface area contributed by atoms with E-state index in [9.17, 15) is 19.5 Å². The van der Waals surface area contributed by atoms with Crippen molar-refractivity contribution in [3.63, 3.8) is 0 Å².